The van der Waals surface area contributed by atoms with Crippen molar-refractivity contribution < 1.29 is 24.2 Å². The summed E-state index contributed by atoms with van der Waals surface area (Å²) in [6, 6.07) is 14.8. The molecule has 3 rings (SSSR count). The molecule has 0 amide bonds. The summed E-state index contributed by atoms with van der Waals surface area (Å²) in [5, 5.41) is 10.5. The normalized spacial score (nSPS) is 17.6. The number of hydrogen-bond acceptors (Lipinski definition) is 5. The lowest BCUT2D eigenvalue weighted by molar-refractivity contribution is -0.151. The van der Waals surface area contributed by atoms with Crippen molar-refractivity contribution in [1.29, 1.82) is 0 Å². The first kappa shape index (κ1) is 28.4. The van der Waals surface area contributed by atoms with Crippen molar-refractivity contribution in [3.8, 4) is 0 Å². The molecule has 1 aliphatic carbocycles. The van der Waals surface area contributed by atoms with E-state index in [0.29, 0.717) is 19.3 Å². The van der Waals surface area contributed by atoms with Crippen molar-refractivity contribution in [1.82, 2.24) is 0 Å². The first-order valence-electron chi connectivity index (χ1n) is 13.3. The topological polar surface area (TPSA) is 72.8 Å². The summed E-state index contributed by atoms with van der Waals surface area (Å²) in [6.07, 6.45) is 9.64. The second-order valence-electron chi connectivity index (χ2n) is 9.81. The average molecular weight is 505 g/mol. The zero-order valence-corrected chi connectivity index (χ0v) is 22.8. The maximum Gasteiger partial charge on any atom is 0.303 e. The van der Waals surface area contributed by atoms with Gasteiger partial charge in [0.25, 0.3) is 0 Å². The Labute approximate surface area is 221 Å². The van der Waals surface area contributed by atoms with Crippen LogP contribution in [0.5, 0.6) is 0 Å². The Bertz CT molecular complexity index is 1160. The Morgan fingerprint density at radius 2 is 1.54 bits per heavy atom. The van der Waals surface area contributed by atoms with Gasteiger partial charge in [-0.15, -0.1) is 0 Å². The number of allylic oxidation sites excluding steroid dienone is 3. The number of ether oxygens (including phenoxy) is 2. The predicted octanol–water partition coefficient (Wildman–Crippen LogP) is 6.98. The second kappa shape index (κ2) is 12.9. The van der Waals surface area contributed by atoms with Gasteiger partial charge in [0.1, 0.15) is 12.2 Å². The highest BCUT2D eigenvalue weighted by molar-refractivity contribution is 5.68. The third-order valence-electron chi connectivity index (χ3n) is 7.20. The molecule has 37 heavy (non-hydrogen) atoms. The van der Waals surface area contributed by atoms with Crippen LogP contribution in [0, 0.1) is 0 Å². The van der Waals surface area contributed by atoms with Crippen molar-refractivity contribution in [3.05, 3.63) is 88.5 Å². The molecule has 5 nitrogen and oxygen atoms in total. The molecular formula is C32H40O5. The van der Waals surface area contributed by atoms with Gasteiger partial charge >= 0.3 is 11.9 Å². The standard InChI is InChI=1S/C32H40O5/c1-6-26(13-10-18-32(35,7-2)8-3)27-12-9-11-24(19-27)14-15-25-16-17-28-29(20-25)31(37-23(5)34)21-30(28)36-22(4)33/h9-13,16-20,30-31,35H,6-8,14-15,21H2,1-5H3/b18-10+,26-13+. The Morgan fingerprint density at radius 1 is 0.919 bits per heavy atom. The lowest BCUT2D eigenvalue weighted by atomic mass is 9.95. The minimum Gasteiger partial charge on any atom is -0.457 e. The third-order valence-corrected chi connectivity index (χ3v) is 7.20. The van der Waals surface area contributed by atoms with E-state index in [4.69, 9.17) is 9.47 Å². The van der Waals surface area contributed by atoms with Crippen LogP contribution in [-0.4, -0.2) is 22.6 Å². The number of carbonyl (C=O) groups is 2. The molecule has 0 saturated heterocycles. The molecule has 0 bridgehead atoms. The molecule has 2 aromatic carbocycles. The van der Waals surface area contributed by atoms with Crippen LogP contribution in [0.2, 0.25) is 0 Å². The molecule has 5 heteroatoms. The van der Waals surface area contributed by atoms with E-state index in [2.05, 4.69) is 49.4 Å². The molecule has 0 saturated carbocycles. The summed E-state index contributed by atoms with van der Waals surface area (Å²) >= 11 is 0. The molecule has 2 aromatic rings. The highest BCUT2D eigenvalue weighted by Crippen LogP contribution is 2.43. The van der Waals surface area contributed by atoms with Crippen molar-refractivity contribution in [2.24, 2.45) is 0 Å². The van der Waals surface area contributed by atoms with Crippen LogP contribution in [0.25, 0.3) is 5.57 Å². The van der Waals surface area contributed by atoms with Crippen molar-refractivity contribution >= 4 is 17.5 Å². The van der Waals surface area contributed by atoms with Crippen LogP contribution in [0.3, 0.4) is 0 Å². The highest BCUT2D eigenvalue weighted by atomic mass is 16.6. The Hall–Kier alpha value is -3.18. The summed E-state index contributed by atoms with van der Waals surface area (Å²) < 4.78 is 11.0. The highest BCUT2D eigenvalue weighted by Gasteiger charge is 2.35. The van der Waals surface area contributed by atoms with E-state index in [1.54, 1.807) is 0 Å². The van der Waals surface area contributed by atoms with Crippen LogP contribution in [0.4, 0.5) is 0 Å². The Balaban J connectivity index is 1.75. The minimum absolute atomic E-state index is 0.342. The summed E-state index contributed by atoms with van der Waals surface area (Å²) in [5.41, 5.74) is 5.90. The molecule has 1 aliphatic rings. The molecule has 0 fully saturated rings. The van der Waals surface area contributed by atoms with Gasteiger partial charge < -0.3 is 14.6 Å². The number of carbonyl (C=O) groups excluding carboxylic acids is 2. The number of hydrogen-bond donors (Lipinski definition) is 1. The fourth-order valence-electron chi connectivity index (χ4n) is 4.89. The van der Waals surface area contributed by atoms with E-state index in [1.807, 2.05) is 32.1 Å². The maximum atomic E-state index is 11.6. The van der Waals surface area contributed by atoms with Crippen LogP contribution in [-0.2, 0) is 31.9 Å². The monoisotopic (exact) mass is 504 g/mol. The summed E-state index contributed by atoms with van der Waals surface area (Å²) in [5.74, 6) is -0.684. The predicted molar refractivity (Wildman–Crippen MR) is 147 cm³/mol. The average Bonchev–Trinajstić information content (AvgIpc) is 3.20. The molecule has 0 heterocycles. The number of rotatable bonds is 11. The summed E-state index contributed by atoms with van der Waals surface area (Å²) in [4.78, 5) is 23.2. The van der Waals surface area contributed by atoms with E-state index >= 15 is 0 Å². The van der Waals surface area contributed by atoms with Crippen LogP contribution in [0.1, 0.15) is 100 Å². The minimum atomic E-state index is -0.750. The molecule has 0 spiro atoms. The van der Waals surface area contributed by atoms with Crippen LogP contribution in [0.15, 0.2) is 60.7 Å². The van der Waals surface area contributed by atoms with Gasteiger partial charge in [0.05, 0.1) is 5.60 Å². The number of aliphatic hydroxyl groups is 1. The van der Waals surface area contributed by atoms with Gasteiger partial charge in [0, 0.05) is 20.3 Å². The van der Waals surface area contributed by atoms with E-state index in [1.165, 1.54) is 30.5 Å². The lowest BCUT2D eigenvalue weighted by Crippen LogP contribution is -2.22. The zero-order valence-electron chi connectivity index (χ0n) is 22.8. The fourth-order valence-corrected chi connectivity index (χ4v) is 4.89. The smallest absolute Gasteiger partial charge is 0.303 e. The molecule has 0 radical (unpaired) electrons. The van der Waals surface area contributed by atoms with Gasteiger partial charge in [-0.2, -0.15) is 0 Å². The number of aryl methyl sites for hydroxylation is 2. The molecule has 2 unspecified atom stereocenters. The largest absolute Gasteiger partial charge is 0.457 e. The van der Waals surface area contributed by atoms with Gasteiger partial charge in [-0.25, -0.2) is 0 Å². The van der Waals surface area contributed by atoms with Crippen molar-refractivity contribution in [2.45, 2.75) is 91.0 Å². The molecule has 1 N–H and O–H groups in total. The first-order chi connectivity index (χ1) is 17.7. The molecular weight excluding hydrogens is 464 g/mol. The van der Waals surface area contributed by atoms with Crippen molar-refractivity contribution in [2.75, 3.05) is 0 Å². The van der Waals surface area contributed by atoms with Gasteiger partial charge in [0.15, 0.2) is 0 Å². The molecule has 0 aliphatic heterocycles. The number of benzene rings is 2. The summed E-state index contributed by atoms with van der Waals surface area (Å²) in [6.45, 7) is 8.94. The van der Waals surface area contributed by atoms with Gasteiger partial charge in [0.2, 0.25) is 0 Å². The lowest BCUT2D eigenvalue weighted by Gasteiger charge is -2.20. The van der Waals surface area contributed by atoms with E-state index < -0.39 is 11.7 Å². The zero-order chi connectivity index (χ0) is 27.0. The molecule has 0 aromatic heterocycles. The van der Waals surface area contributed by atoms with E-state index in [9.17, 15) is 14.7 Å². The quantitative estimate of drug-likeness (QED) is 0.264. The van der Waals surface area contributed by atoms with Crippen LogP contribution < -0.4 is 0 Å². The fraction of sp³-hybridized carbons (Fsp3) is 0.438. The Morgan fingerprint density at radius 3 is 2.14 bits per heavy atom. The second-order valence-corrected chi connectivity index (χ2v) is 9.81. The van der Waals surface area contributed by atoms with Crippen LogP contribution >= 0.6 is 0 Å². The SMILES string of the molecule is CC/C(=C\C=C\C(O)(CC)CC)c1cccc(CCc2ccc3c(c2)C(OC(C)=O)CC3OC(C)=O)c1. The first-order valence-corrected chi connectivity index (χ1v) is 13.3. The van der Waals surface area contributed by atoms with Gasteiger partial charge in [-0.3, -0.25) is 9.59 Å². The van der Waals surface area contributed by atoms with E-state index in [-0.39, 0.29) is 18.0 Å². The maximum absolute atomic E-state index is 11.6. The van der Waals surface area contributed by atoms with Gasteiger partial charge in [-0.1, -0.05) is 81.5 Å². The number of esters is 2. The molecule has 198 valence electrons. The van der Waals surface area contributed by atoms with Crippen molar-refractivity contribution in [3.63, 3.8) is 0 Å². The Kier molecular flexibility index (Phi) is 9.87. The molecule has 2 atom stereocenters. The van der Waals surface area contributed by atoms with E-state index in [0.717, 1.165) is 36.0 Å². The number of fused-ring (bicyclic) bond motifs is 1. The van der Waals surface area contributed by atoms with Gasteiger partial charge in [-0.05, 0) is 65.5 Å². The summed E-state index contributed by atoms with van der Waals surface area (Å²) in [7, 11) is 0. The third kappa shape index (κ3) is 7.65.